The van der Waals surface area contributed by atoms with Crippen molar-refractivity contribution < 1.29 is 13.6 Å². The number of carbonyl (C=O) groups excluding carboxylic acids is 1. The summed E-state index contributed by atoms with van der Waals surface area (Å²) >= 11 is 6.31. The van der Waals surface area contributed by atoms with E-state index in [-0.39, 0.29) is 31.2 Å². The topological polar surface area (TPSA) is 73.7 Å². The van der Waals surface area contributed by atoms with Crippen LogP contribution in [-0.4, -0.2) is 64.6 Å². The minimum Gasteiger partial charge on any atom is -0.337 e. The molecule has 0 saturated carbocycles. The Balaban J connectivity index is 0.00000353. The number of hydrogen-bond donors (Lipinski definition) is 1. The lowest BCUT2D eigenvalue weighted by Crippen LogP contribution is -2.34. The zero-order valence-corrected chi connectivity index (χ0v) is 23.3. The Labute approximate surface area is 248 Å². The van der Waals surface area contributed by atoms with Gasteiger partial charge in [-0.25, -0.2) is 18.7 Å². The summed E-state index contributed by atoms with van der Waals surface area (Å²) < 4.78 is 29.6. The molecule has 2 aliphatic heterocycles. The molecule has 1 N–H and O–H groups in total. The number of halogens is 3. The van der Waals surface area contributed by atoms with Crippen LogP contribution in [0.1, 0.15) is 40.9 Å². The number of carbonyl (C=O) groups is 1. The van der Waals surface area contributed by atoms with Crippen molar-refractivity contribution in [3.63, 3.8) is 0 Å². The lowest BCUT2D eigenvalue weighted by Gasteiger charge is -2.20. The first kappa shape index (κ1) is 29.3. The zero-order chi connectivity index (χ0) is 28.7. The highest BCUT2D eigenvalue weighted by Crippen LogP contribution is 2.35. The van der Waals surface area contributed by atoms with E-state index in [0.717, 1.165) is 19.5 Å². The summed E-state index contributed by atoms with van der Waals surface area (Å²) in [5.74, 6) is -1.08. The van der Waals surface area contributed by atoms with Crippen LogP contribution in [0.4, 0.5) is 20.4 Å². The van der Waals surface area contributed by atoms with Crippen molar-refractivity contribution in [3.8, 4) is 11.3 Å². The Morgan fingerprint density at radius 2 is 1.79 bits per heavy atom. The van der Waals surface area contributed by atoms with Crippen LogP contribution in [0.15, 0.2) is 71.9 Å². The van der Waals surface area contributed by atoms with Gasteiger partial charge in [-0.3, -0.25) is 9.79 Å². The monoisotopic (exact) mass is 588 g/mol. The lowest BCUT2D eigenvalue weighted by molar-refractivity contribution is 0.0783. The number of hydrogen-bond acceptors (Lipinski definition) is 6. The van der Waals surface area contributed by atoms with Crippen LogP contribution in [0.25, 0.3) is 11.3 Å². The van der Waals surface area contributed by atoms with Gasteiger partial charge in [-0.05, 0) is 69.0 Å². The molecule has 1 amide bonds. The molecule has 216 valence electrons. The summed E-state index contributed by atoms with van der Waals surface area (Å²) in [6.45, 7) is 1.59. The van der Waals surface area contributed by atoms with Gasteiger partial charge < -0.3 is 15.1 Å². The molecule has 1 aromatic heterocycles. The van der Waals surface area contributed by atoms with Gasteiger partial charge in [-0.15, -0.1) is 0 Å². The molecule has 0 radical (unpaired) electrons. The predicted molar refractivity (Wildman–Crippen MR) is 163 cm³/mol. The van der Waals surface area contributed by atoms with E-state index >= 15 is 0 Å². The smallest absolute Gasteiger partial charge is 0.253 e. The molecule has 3 aromatic carbocycles. The SMILES string of the molecule is C.CN(C)C1CCN(C(=O)c2ccc(Nc3ncc4c(n3)-c3ccc(Cl)cc3C(c3c(F)cccc3F)=NC4)cc2)C1. The van der Waals surface area contributed by atoms with Gasteiger partial charge in [-0.1, -0.05) is 31.2 Å². The van der Waals surface area contributed by atoms with Crippen molar-refractivity contribution in [1.82, 2.24) is 19.8 Å². The van der Waals surface area contributed by atoms with Crippen LogP contribution in [0.5, 0.6) is 0 Å². The Hall–Kier alpha value is -4.21. The van der Waals surface area contributed by atoms with E-state index in [9.17, 15) is 13.6 Å². The molecule has 42 heavy (non-hydrogen) atoms. The number of aromatic nitrogens is 2. The van der Waals surface area contributed by atoms with Gasteiger partial charge >= 0.3 is 0 Å². The number of rotatable bonds is 5. The van der Waals surface area contributed by atoms with Crippen LogP contribution in [0.3, 0.4) is 0 Å². The molecule has 0 aliphatic carbocycles. The van der Waals surface area contributed by atoms with Crippen LogP contribution < -0.4 is 5.32 Å². The first-order chi connectivity index (χ1) is 19.8. The number of amides is 1. The molecule has 0 spiro atoms. The van der Waals surface area contributed by atoms with E-state index in [1.54, 1.807) is 36.5 Å². The standard InChI is InChI=1S/C31H27ClF2N6O.CH4/c1-39(2)22-12-13-40(17-22)30(41)18-6-9-21(10-7-18)37-31-36-16-19-15-35-29(27-25(33)4-3-5-26(27)34)24-14-20(32)8-11-23(24)28(19)38-31;/h3-11,14,16,22H,12-13,15,17H2,1-2H3,(H,36,37,38);1H4. The van der Waals surface area contributed by atoms with Crippen molar-refractivity contribution in [2.75, 3.05) is 32.5 Å². The molecule has 1 fully saturated rings. The number of anilines is 2. The lowest BCUT2D eigenvalue weighted by atomic mass is 9.95. The zero-order valence-electron chi connectivity index (χ0n) is 22.5. The van der Waals surface area contributed by atoms with E-state index < -0.39 is 11.6 Å². The van der Waals surface area contributed by atoms with E-state index in [1.165, 1.54) is 18.2 Å². The van der Waals surface area contributed by atoms with Crippen molar-refractivity contribution in [1.29, 1.82) is 0 Å². The molecular weight excluding hydrogens is 558 g/mol. The van der Waals surface area contributed by atoms with Crippen molar-refractivity contribution in [3.05, 3.63) is 106 Å². The maximum atomic E-state index is 14.8. The number of aliphatic imine (C=N–C) groups is 1. The van der Waals surface area contributed by atoms with Crippen LogP contribution in [0.2, 0.25) is 5.02 Å². The van der Waals surface area contributed by atoms with Crippen molar-refractivity contribution in [2.45, 2.75) is 26.4 Å². The summed E-state index contributed by atoms with van der Waals surface area (Å²) in [6.07, 6.45) is 2.62. The first-order valence-electron chi connectivity index (χ1n) is 13.3. The highest BCUT2D eigenvalue weighted by molar-refractivity contribution is 6.31. The van der Waals surface area contributed by atoms with E-state index in [2.05, 4.69) is 20.2 Å². The fourth-order valence-electron chi connectivity index (χ4n) is 5.28. The molecule has 10 heteroatoms. The maximum Gasteiger partial charge on any atom is 0.253 e. The van der Waals surface area contributed by atoms with Gasteiger partial charge in [0.15, 0.2) is 0 Å². The molecule has 4 aromatic rings. The molecular formula is C32H31ClF2N6O. The molecule has 1 saturated heterocycles. The highest BCUT2D eigenvalue weighted by atomic mass is 35.5. The third kappa shape index (κ3) is 5.62. The van der Waals surface area contributed by atoms with Gasteiger partial charge in [0.1, 0.15) is 11.6 Å². The number of nitrogens with zero attached hydrogens (tertiary/aromatic N) is 5. The average Bonchev–Trinajstić information content (AvgIpc) is 3.41. The summed E-state index contributed by atoms with van der Waals surface area (Å²) in [5.41, 5.74) is 3.69. The molecule has 6 rings (SSSR count). The van der Waals surface area contributed by atoms with E-state index in [0.29, 0.717) is 50.6 Å². The van der Waals surface area contributed by atoms with Crippen LogP contribution >= 0.6 is 11.6 Å². The van der Waals surface area contributed by atoms with Gasteiger partial charge in [0, 0.05) is 58.3 Å². The maximum absolute atomic E-state index is 14.8. The van der Waals surface area contributed by atoms with E-state index in [4.69, 9.17) is 16.6 Å². The molecule has 3 heterocycles. The largest absolute Gasteiger partial charge is 0.337 e. The van der Waals surface area contributed by atoms with E-state index in [1.807, 2.05) is 31.1 Å². The molecule has 0 bridgehead atoms. The highest BCUT2D eigenvalue weighted by Gasteiger charge is 2.28. The summed E-state index contributed by atoms with van der Waals surface area (Å²) in [5, 5.41) is 3.61. The average molecular weight is 589 g/mol. The normalized spacial score (nSPS) is 15.8. The van der Waals surface area contributed by atoms with Crippen molar-refractivity contribution >= 4 is 34.9 Å². The summed E-state index contributed by atoms with van der Waals surface area (Å²) in [7, 11) is 4.07. The Morgan fingerprint density at radius 3 is 2.48 bits per heavy atom. The summed E-state index contributed by atoms with van der Waals surface area (Å²) in [4.78, 5) is 30.8. The third-order valence-corrected chi connectivity index (χ3v) is 7.77. The number of benzene rings is 3. The minimum absolute atomic E-state index is 0. The Bertz CT molecular complexity index is 1650. The van der Waals surface area contributed by atoms with Gasteiger partial charge in [0.25, 0.3) is 5.91 Å². The summed E-state index contributed by atoms with van der Waals surface area (Å²) in [6, 6.07) is 16.4. The molecule has 1 atom stereocenters. The van der Waals surface area contributed by atoms with Crippen LogP contribution in [0, 0.1) is 11.6 Å². The Morgan fingerprint density at radius 1 is 1.05 bits per heavy atom. The third-order valence-electron chi connectivity index (χ3n) is 7.53. The van der Waals surface area contributed by atoms with Gasteiger partial charge in [0.2, 0.25) is 5.95 Å². The second-order valence-electron chi connectivity index (χ2n) is 10.4. The minimum atomic E-state index is -0.710. The predicted octanol–water partition coefficient (Wildman–Crippen LogP) is 6.58. The Kier molecular flexibility index (Phi) is 8.34. The van der Waals surface area contributed by atoms with Gasteiger partial charge in [0.05, 0.1) is 23.5 Å². The molecule has 1 unspecified atom stereocenters. The molecule has 7 nitrogen and oxygen atoms in total. The second-order valence-corrected chi connectivity index (χ2v) is 10.8. The quantitative estimate of drug-likeness (QED) is 0.285. The van der Waals surface area contributed by atoms with Crippen LogP contribution in [-0.2, 0) is 6.54 Å². The van der Waals surface area contributed by atoms with Gasteiger partial charge in [-0.2, -0.15) is 0 Å². The fourth-order valence-corrected chi connectivity index (χ4v) is 5.45. The number of likely N-dealkylation sites (tertiary alicyclic amines) is 1. The first-order valence-corrected chi connectivity index (χ1v) is 13.6. The number of fused-ring (bicyclic) bond motifs is 3. The second kappa shape index (κ2) is 12.0. The molecule has 2 aliphatic rings. The number of likely N-dealkylation sites (N-methyl/N-ethyl adjacent to an activating group) is 1. The number of nitrogens with one attached hydrogen (secondary N) is 1. The fraction of sp³-hybridized carbons (Fsp3) is 0.250. The van der Waals surface area contributed by atoms with Crippen molar-refractivity contribution in [2.24, 2.45) is 4.99 Å².